The average molecular weight is 281 g/mol. The van der Waals surface area contributed by atoms with Crippen molar-refractivity contribution < 1.29 is 0 Å². The lowest BCUT2D eigenvalue weighted by Gasteiger charge is -2.29. The van der Waals surface area contributed by atoms with Crippen molar-refractivity contribution in [2.24, 2.45) is 23.7 Å². The molecule has 0 bridgehead atoms. The van der Waals surface area contributed by atoms with E-state index in [1.54, 1.807) is 0 Å². The predicted octanol–water partition coefficient (Wildman–Crippen LogP) is 7.25. The Morgan fingerprint density at radius 2 is 1.55 bits per heavy atom. The highest BCUT2D eigenvalue weighted by atomic mass is 14.3. The van der Waals surface area contributed by atoms with E-state index < -0.39 is 0 Å². The third kappa shape index (κ3) is 8.82. The van der Waals surface area contributed by atoms with Crippen LogP contribution >= 0.6 is 0 Å². The molecule has 4 unspecified atom stereocenters. The number of hydrogen-bond donors (Lipinski definition) is 0. The quantitative estimate of drug-likeness (QED) is 0.312. The summed E-state index contributed by atoms with van der Waals surface area (Å²) in [5.74, 6) is 3.56. The van der Waals surface area contributed by atoms with Crippen LogP contribution in [0, 0.1) is 23.7 Å². The van der Waals surface area contributed by atoms with Crippen molar-refractivity contribution in [2.45, 2.75) is 92.4 Å². The molecule has 0 N–H and O–H groups in total. The first kappa shape index (κ1) is 19.7. The van der Waals surface area contributed by atoms with Crippen LogP contribution in [0.4, 0.5) is 0 Å². The molecule has 0 aliphatic rings. The maximum atomic E-state index is 3.89. The first-order valence-electron chi connectivity index (χ1n) is 9.17. The van der Waals surface area contributed by atoms with E-state index in [2.05, 4.69) is 47.3 Å². The number of unbranched alkanes of at least 4 members (excludes halogenated alkanes) is 1. The van der Waals surface area contributed by atoms with Crippen LogP contribution in [0.2, 0.25) is 0 Å². The second-order valence-corrected chi connectivity index (χ2v) is 7.08. The molecule has 0 heteroatoms. The lowest BCUT2D eigenvalue weighted by atomic mass is 9.76. The fourth-order valence-electron chi connectivity index (χ4n) is 3.34. The molecule has 120 valence electrons. The predicted molar refractivity (Wildman–Crippen MR) is 94.1 cm³/mol. The van der Waals surface area contributed by atoms with E-state index in [0.717, 1.165) is 23.7 Å². The van der Waals surface area contributed by atoms with E-state index in [4.69, 9.17) is 0 Å². The smallest absolute Gasteiger partial charge is 0.0351 e. The Bertz CT molecular complexity index is 218. The van der Waals surface area contributed by atoms with Gasteiger partial charge in [-0.1, -0.05) is 85.6 Å². The molecule has 0 saturated carbocycles. The van der Waals surface area contributed by atoms with Gasteiger partial charge in [-0.25, -0.2) is 0 Å². The maximum absolute atomic E-state index is 3.89. The van der Waals surface area contributed by atoms with Gasteiger partial charge >= 0.3 is 0 Å². The summed E-state index contributed by atoms with van der Waals surface area (Å²) in [5.41, 5.74) is 0. The molecule has 0 radical (unpaired) electrons. The van der Waals surface area contributed by atoms with Crippen molar-refractivity contribution in [2.75, 3.05) is 0 Å². The molecule has 20 heavy (non-hydrogen) atoms. The van der Waals surface area contributed by atoms with E-state index >= 15 is 0 Å². The van der Waals surface area contributed by atoms with Gasteiger partial charge in [-0.2, -0.15) is 0 Å². The van der Waals surface area contributed by atoms with E-state index in [9.17, 15) is 0 Å². The molecule has 0 aromatic rings. The van der Waals surface area contributed by atoms with E-state index in [1.165, 1.54) is 57.8 Å². The molecule has 0 aromatic heterocycles. The Morgan fingerprint density at radius 3 is 2.10 bits per heavy atom. The zero-order valence-electron chi connectivity index (χ0n) is 15.0. The highest BCUT2D eigenvalue weighted by Gasteiger charge is 2.21. The molecule has 0 heterocycles. The van der Waals surface area contributed by atoms with Gasteiger partial charge < -0.3 is 0 Å². The van der Waals surface area contributed by atoms with Crippen LogP contribution in [0.1, 0.15) is 92.4 Å². The van der Waals surface area contributed by atoms with Gasteiger partial charge in [0, 0.05) is 0 Å². The zero-order valence-corrected chi connectivity index (χ0v) is 15.0. The molecule has 0 saturated heterocycles. The number of rotatable bonds is 13. The van der Waals surface area contributed by atoms with Crippen LogP contribution in [0.25, 0.3) is 0 Å². The SMILES string of the molecule is C=CCCC(CCC)C(C)C(C)CCC(C)CCCC. The van der Waals surface area contributed by atoms with Crippen molar-refractivity contribution in [1.82, 2.24) is 0 Å². The van der Waals surface area contributed by atoms with Gasteiger partial charge in [0.05, 0.1) is 0 Å². The van der Waals surface area contributed by atoms with Crippen LogP contribution in [-0.2, 0) is 0 Å². The molecule has 0 aromatic carbocycles. The van der Waals surface area contributed by atoms with E-state index in [-0.39, 0.29) is 0 Å². The average Bonchev–Trinajstić information content (AvgIpc) is 2.46. The first-order valence-corrected chi connectivity index (χ1v) is 9.17. The maximum Gasteiger partial charge on any atom is -0.0351 e. The van der Waals surface area contributed by atoms with Crippen molar-refractivity contribution in [3.05, 3.63) is 12.7 Å². The Balaban J connectivity index is 4.13. The largest absolute Gasteiger partial charge is 0.103 e. The molecule has 4 atom stereocenters. The summed E-state index contributed by atoms with van der Waals surface area (Å²) in [4.78, 5) is 0. The molecule has 0 spiro atoms. The lowest BCUT2D eigenvalue weighted by molar-refractivity contribution is 0.215. The van der Waals surface area contributed by atoms with Gasteiger partial charge in [0.2, 0.25) is 0 Å². The molecule has 0 nitrogen and oxygen atoms in total. The Kier molecular flexibility index (Phi) is 12.3. The first-order chi connectivity index (χ1) is 9.56. The van der Waals surface area contributed by atoms with Crippen LogP contribution in [0.5, 0.6) is 0 Å². The van der Waals surface area contributed by atoms with Crippen molar-refractivity contribution >= 4 is 0 Å². The topological polar surface area (TPSA) is 0 Å². The Morgan fingerprint density at radius 1 is 0.850 bits per heavy atom. The van der Waals surface area contributed by atoms with Gasteiger partial charge in [-0.05, 0) is 36.5 Å². The summed E-state index contributed by atoms with van der Waals surface area (Å²) >= 11 is 0. The Hall–Kier alpha value is -0.260. The standard InChI is InChI=1S/C20H40/c1-7-10-13-17(4)15-16-18(5)19(6)20(12-9-3)14-11-8-2/h8,17-20H,2,7,9-16H2,1,3-6H3. The van der Waals surface area contributed by atoms with Crippen molar-refractivity contribution in [3.8, 4) is 0 Å². The van der Waals surface area contributed by atoms with Crippen molar-refractivity contribution in [3.63, 3.8) is 0 Å². The highest BCUT2D eigenvalue weighted by Crippen LogP contribution is 2.32. The van der Waals surface area contributed by atoms with Gasteiger partial charge in [-0.15, -0.1) is 6.58 Å². The van der Waals surface area contributed by atoms with Gasteiger partial charge in [0.25, 0.3) is 0 Å². The summed E-state index contributed by atoms with van der Waals surface area (Å²) in [6.07, 6.45) is 14.4. The van der Waals surface area contributed by atoms with Crippen LogP contribution in [0.15, 0.2) is 12.7 Å². The molecular formula is C20H40. The minimum Gasteiger partial charge on any atom is -0.103 e. The number of hydrogen-bond acceptors (Lipinski definition) is 0. The summed E-state index contributed by atoms with van der Waals surface area (Å²) < 4.78 is 0. The minimum absolute atomic E-state index is 0.869. The molecule has 0 amide bonds. The third-order valence-electron chi connectivity index (χ3n) is 5.21. The molecule has 0 fully saturated rings. The summed E-state index contributed by atoms with van der Waals surface area (Å²) in [6, 6.07) is 0. The molecular weight excluding hydrogens is 240 g/mol. The summed E-state index contributed by atoms with van der Waals surface area (Å²) in [6.45, 7) is 15.9. The van der Waals surface area contributed by atoms with Gasteiger partial charge in [0.1, 0.15) is 0 Å². The lowest BCUT2D eigenvalue weighted by Crippen LogP contribution is -2.19. The third-order valence-corrected chi connectivity index (χ3v) is 5.21. The number of allylic oxidation sites excluding steroid dienone is 1. The highest BCUT2D eigenvalue weighted by molar-refractivity contribution is 4.76. The minimum atomic E-state index is 0.869. The monoisotopic (exact) mass is 280 g/mol. The Labute approximate surface area is 129 Å². The zero-order chi connectivity index (χ0) is 15.4. The second kappa shape index (κ2) is 12.5. The summed E-state index contributed by atoms with van der Waals surface area (Å²) in [7, 11) is 0. The molecule has 0 aliphatic heterocycles. The van der Waals surface area contributed by atoms with Gasteiger partial charge in [-0.3, -0.25) is 0 Å². The van der Waals surface area contributed by atoms with Crippen LogP contribution in [0.3, 0.4) is 0 Å². The van der Waals surface area contributed by atoms with E-state index in [0.29, 0.717) is 0 Å². The normalized spacial score (nSPS) is 17.4. The van der Waals surface area contributed by atoms with Crippen molar-refractivity contribution in [1.29, 1.82) is 0 Å². The van der Waals surface area contributed by atoms with E-state index in [1.807, 2.05) is 0 Å². The molecule has 0 aliphatic carbocycles. The fraction of sp³-hybridized carbons (Fsp3) is 0.900. The summed E-state index contributed by atoms with van der Waals surface area (Å²) in [5, 5.41) is 0. The fourth-order valence-corrected chi connectivity index (χ4v) is 3.34. The van der Waals surface area contributed by atoms with Gasteiger partial charge in [0.15, 0.2) is 0 Å². The second-order valence-electron chi connectivity index (χ2n) is 7.08. The van der Waals surface area contributed by atoms with Crippen LogP contribution in [-0.4, -0.2) is 0 Å². The van der Waals surface area contributed by atoms with Crippen LogP contribution < -0.4 is 0 Å². The molecule has 0 rings (SSSR count).